The summed E-state index contributed by atoms with van der Waals surface area (Å²) < 4.78 is 5.34. The Morgan fingerprint density at radius 1 is 1.04 bits per heavy atom. The predicted octanol–water partition coefficient (Wildman–Crippen LogP) is 5.68. The topological polar surface area (TPSA) is 46.5 Å². The maximum absolute atomic E-state index is 10.7. The van der Waals surface area contributed by atoms with Crippen molar-refractivity contribution in [2.75, 3.05) is 6.61 Å². The van der Waals surface area contributed by atoms with E-state index in [0.717, 1.165) is 24.0 Å². The Balaban J connectivity index is 2.28. The molecule has 0 fully saturated rings. The van der Waals surface area contributed by atoms with Gasteiger partial charge < -0.3 is 9.84 Å². The summed E-state index contributed by atoms with van der Waals surface area (Å²) in [6.07, 6.45) is 1.99. The number of ether oxygens (including phenoxy) is 1. The Morgan fingerprint density at radius 3 is 2.19 bits per heavy atom. The molecule has 2 aromatic rings. The van der Waals surface area contributed by atoms with Crippen LogP contribution in [0.5, 0.6) is 5.75 Å². The molecular formula is C24H32O3. The van der Waals surface area contributed by atoms with E-state index in [4.69, 9.17) is 9.84 Å². The van der Waals surface area contributed by atoms with Crippen LogP contribution in [0.25, 0.3) is 0 Å². The minimum atomic E-state index is -0.961. The van der Waals surface area contributed by atoms with Gasteiger partial charge >= 0.3 is 5.97 Å². The minimum absolute atomic E-state index is 0.312. The van der Waals surface area contributed by atoms with Gasteiger partial charge in [-0.1, -0.05) is 45.9 Å². The van der Waals surface area contributed by atoms with Gasteiger partial charge in [0.1, 0.15) is 5.75 Å². The molecule has 27 heavy (non-hydrogen) atoms. The first kappa shape index (κ1) is 21.0. The molecule has 0 saturated heterocycles. The Bertz CT molecular complexity index is 780. The van der Waals surface area contributed by atoms with Crippen LogP contribution in [-0.2, 0) is 17.6 Å². The number of hydrogen-bond acceptors (Lipinski definition) is 2. The van der Waals surface area contributed by atoms with Crippen LogP contribution in [0.2, 0.25) is 0 Å². The number of hydrogen-bond donors (Lipinski definition) is 1. The maximum atomic E-state index is 10.7. The molecule has 2 aromatic carbocycles. The highest BCUT2D eigenvalue weighted by Crippen LogP contribution is 2.28. The second-order valence-electron chi connectivity index (χ2n) is 8.18. The quantitative estimate of drug-likeness (QED) is 0.652. The number of benzene rings is 2. The fraction of sp³-hybridized carbons (Fsp3) is 0.458. The number of rotatable bonds is 8. The number of carboxylic acid groups (broad SMARTS) is 1. The van der Waals surface area contributed by atoms with E-state index in [1.54, 1.807) is 0 Å². The third kappa shape index (κ3) is 5.85. The first-order valence-corrected chi connectivity index (χ1v) is 9.73. The van der Waals surface area contributed by atoms with Crippen molar-refractivity contribution in [1.29, 1.82) is 0 Å². The zero-order chi connectivity index (χ0) is 20.1. The Labute approximate surface area is 163 Å². The molecule has 3 nitrogen and oxygen atoms in total. The van der Waals surface area contributed by atoms with Crippen molar-refractivity contribution in [3.05, 3.63) is 63.7 Å². The van der Waals surface area contributed by atoms with Crippen molar-refractivity contribution < 1.29 is 14.6 Å². The highest BCUT2D eigenvalue weighted by Gasteiger charge is 2.12. The van der Waals surface area contributed by atoms with Gasteiger partial charge in [0.2, 0.25) is 0 Å². The van der Waals surface area contributed by atoms with Gasteiger partial charge in [0.05, 0.1) is 0 Å². The van der Waals surface area contributed by atoms with Gasteiger partial charge in [0, 0.05) is 0 Å². The van der Waals surface area contributed by atoms with Gasteiger partial charge in [-0.25, -0.2) is 4.79 Å². The number of carboxylic acids is 1. The van der Waals surface area contributed by atoms with Crippen molar-refractivity contribution in [1.82, 2.24) is 0 Å². The van der Waals surface area contributed by atoms with E-state index in [1.165, 1.54) is 22.3 Å². The molecule has 0 bridgehead atoms. The first-order chi connectivity index (χ1) is 12.7. The zero-order valence-electron chi connectivity index (χ0n) is 17.4. The second-order valence-corrected chi connectivity index (χ2v) is 8.18. The molecule has 0 aliphatic rings. The molecular weight excluding hydrogens is 336 g/mol. The number of carbonyl (C=O) groups is 1. The molecule has 0 saturated carbocycles. The molecule has 0 amide bonds. The van der Waals surface area contributed by atoms with Crippen LogP contribution in [0, 0.1) is 19.8 Å². The monoisotopic (exact) mass is 368 g/mol. The molecule has 0 spiro atoms. The van der Waals surface area contributed by atoms with Crippen molar-refractivity contribution in [3.63, 3.8) is 0 Å². The van der Waals surface area contributed by atoms with E-state index in [1.807, 2.05) is 12.1 Å². The normalized spacial score (nSPS) is 11.3. The lowest BCUT2D eigenvalue weighted by atomic mass is 9.88. The summed E-state index contributed by atoms with van der Waals surface area (Å²) >= 11 is 0. The van der Waals surface area contributed by atoms with Crippen LogP contribution in [0.1, 0.15) is 67.0 Å². The fourth-order valence-corrected chi connectivity index (χ4v) is 3.58. The van der Waals surface area contributed by atoms with Crippen LogP contribution < -0.4 is 4.74 Å². The highest BCUT2D eigenvalue weighted by molar-refractivity contribution is 5.68. The van der Waals surface area contributed by atoms with Gasteiger partial charge in [0.15, 0.2) is 6.61 Å². The van der Waals surface area contributed by atoms with Crippen molar-refractivity contribution in [2.24, 2.45) is 5.92 Å². The Kier molecular flexibility index (Phi) is 7.06. The summed E-state index contributed by atoms with van der Waals surface area (Å²) in [5.74, 6) is 0.812. The first-order valence-electron chi connectivity index (χ1n) is 9.73. The molecule has 0 heterocycles. The van der Waals surface area contributed by atoms with E-state index in [0.29, 0.717) is 17.6 Å². The minimum Gasteiger partial charge on any atom is -0.482 e. The lowest BCUT2D eigenvalue weighted by Gasteiger charge is -2.18. The molecule has 1 N–H and O–H groups in total. The SMILES string of the molecule is Cc1cc(OCC(=O)O)cc(C)c1Cc1ccc(CC(C)C)c(C(C)C)c1. The van der Waals surface area contributed by atoms with E-state index in [-0.39, 0.29) is 6.61 Å². The van der Waals surface area contributed by atoms with Gasteiger partial charge in [-0.3, -0.25) is 0 Å². The summed E-state index contributed by atoms with van der Waals surface area (Å²) in [5.41, 5.74) is 7.76. The molecule has 0 aliphatic heterocycles. The van der Waals surface area contributed by atoms with Crippen molar-refractivity contribution >= 4 is 5.97 Å². The number of aliphatic carboxylic acids is 1. The fourth-order valence-electron chi connectivity index (χ4n) is 3.58. The average molecular weight is 369 g/mol. The summed E-state index contributed by atoms with van der Waals surface area (Å²) in [6, 6.07) is 10.8. The summed E-state index contributed by atoms with van der Waals surface area (Å²) in [5, 5.41) is 8.79. The molecule has 0 radical (unpaired) electrons. The largest absolute Gasteiger partial charge is 0.482 e. The third-order valence-electron chi connectivity index (χ3n) is 4.87. The van der Waals surface area contributed by atoms with E-state index in [2.05, 4.69) is 59.7 Å². The molecule has 2 rings (SSSR count). The van der Waals surface area contributed by atoms with E-state index >= 15 is 0 Å². The van der Waals surface area contributed by atoms with Gasteiger partial charge in [0.25, 0.3) is 0 Å². The summed E-state index contributed by atoms with van der Waals surface area (Å²) in [4.78, 5) is 10.7. The Hall–Kier alpha value is -2.29. The lowest BCUT2D eigenvalue weighted by molar-refractivity contribution is -0.139. The van der Waals surface area contributed by atoms with Crippen LogP contribution >= 0.6 is 0 Å². The standard InChI is InChI=1S/C24H32O3/c1-15(2)9-20-8-7-19(12-22(20)16(3)4)13-23-17(5)10-21(11-18(23)6)27-14-24(25)26/h7-8,10-12,15-16H,9,13-14H2,1-6H3,(H,25,26). The van der Waals surface area contributed by atoms with Crippen molar-refractivity contribution in [2.45, 2.75) is 60.3 Å². The summed E-state index contributed by atoms with van der Waals surface area (Å²) in [7, 11) is 0. The maximum Gasteiger partial charge on any atom is 0.341 e. The van der Waals surface area contributed by atoms with Crippen LogP contribution in [-0.4, -0.2) is 17.7 Å². The molecule has 146 valence electrons. The van der Waals surface area contributed by atoms with Gasteiger partial charge in [-0.15, -0.1) is 0 Å². The van der Waals surface area contributed by atoms with E-state index in [9.17, 15) is 4.79 Å². The van der Waals surface area contributed by atoms with Gasteiger partial charge in [-0.2, -0.15) is 0 Å². The Morgan fingerprint density at radius 2 is 1.67 bits per heavy atom. The van der Waals surface area contributed by atoms with E-state index < -0.39 is 5.97 Å². The molecule has 3 heteroatoms. The molecule has 0 unspecified atom stereocenters. The molecule has 0 aliphatic carbocycles. The van der Waals surface area contributed by atoms with Crippen LogP contribution in [0.15, 0.2) is 30.3 Å². The second kappa shape index (κ2) is 9.07. The highest BCUT2D eigenvalue weighted by atomic mass is 16.5. The molecule has 0 aromatic heterocycles. The molecule has 0 atom stereocenters. The predicted molar refractivity (Wildman–Crippen MR) is 111 cm³/mol. The smallest absolute Gasteiger partial charge is 0.341 e. The van der Waals surface area contributed by atoms with Gasteiger partial charge in [-0.05, 0) is 84.0 Å². The van der Waals surface area contributed by atoms with Crippen LogP contribution in [0.4, 0.5) is 0 Å². The van der Waals surface area contributed by atoms with Crippen LogP contribution in [0.3, 0.4) is 0 Å². The number of aryl methyl sites for hydroxylation is 2. The zero-order valence-corrected chi connectivity index (χ0v) is 17.4. The summed E-state index contributed by atoms with van der Waals surface area (Å²) in [6.45, 7) is 12.9. The average Bonchev–Trinajstić information content (AvgIpc) is 2.56. The van der Waals surface area contributed by atoms with Crippen molar-refractivity contribution in [3.8, 4) is 5.75 Å². The lowest BCUT2D eigenvalue weighted by Crippen LogP contribution is -2.10. The third-order valence-corrected chi connectivity index (χ3v) is 4.87.